The number of carbonyl (C=O) groups excluding carboxylic acids is 4. The summed E-state index contributed by atoms with van der Waals surface area (Å²) in [5.74, 6) is 7.68. The number of methoxy groups -OCH3 is 2. The number of aryl methyl sites for hydroxylation is 2. The van der Waals surface area contributed by atoms with Crippen molar-refractivity contribution in [2.24, 2.45) is 5.92 Å². The van der Waals surface area contributed by atoms with E-state index in [4.69, 9.17) is 19.4 Å². The van der Waals surface area contributed by atoms with Gasteiger partial charge in [0.25, 0.3) is 5.91 Å². The number of imidazole rings is 2. The van der Waals surface area contributed by atoms with Crippen molar-refractivity contribution in [3.8, 4) is 34.4 Å². The SMILES string of the molecule is COC(=O)N[C@H](C(=O)N1CCC[C@H]1c1nc2c([nH]1)CCc1cc(C#Cc3ccc(-c4cnc(C5CCCN5C(=O)[C@H](NC(=O)OC)c5ccccc5)[nH]4)cc3)ccc1-2)C(C)C. The van der Waals surface area contributed by atoms with Gasteiger partial charge in [0, 0.05) is 35.5 Å². The highest BCUT2D eigenvalue weighted by atomic mass is 16.5. The lowest BCUT2D eigenvalue weighted by atomic mass is 9.91. The van der Waals surface area contributed by atoms with Gasteiger partial charge in [-0.25, -0.2) is 19.6 Å². The molecule has 5 aromatic rings. The second-order valence-electron chi connectivity index (χ2n) is 16.0. The molecule has 4 N–H and O–H groups in total. The van der Waals surface area contributed by atoms with Gasteiger partial charge in [-0.15, -0.1) is 0 Å². The van der Waals surface area contributed by atoms with E-state index in [-0.39, 0.29) is 29.8 Å². The fourth-order valence-electron chi connectivity index (χ4n) is 8.67. The van der Waals surface area contributed by atoms with Crippen molar-refractivity contribution in [1.82, 2.24) is 40.4 Å². The molecule has 4 atom stereocenters. The molecule has 61 heavy (non-hydrogen) atoms. The highest BCUT2D eigenvalue weighted by molar-refractivity contribution is 5.88. The molecule has 2 aromatic heterocycles. The first-order valence-electron chi connectivity index (χ1n) is 20.9. The van der Waals surface area contributed by atoms with Crippen LogP contribution in [0.15, 0.2) is 79.0 Å². The van der Waals surface area contributed by atoms with Gasteiger partial charge in [-0.3, -0.25) is 9.59 Å². The summed E-state index contributed by atoms with van der Waals surface area (Å²) in [4.78, 5) is 72.2. The number of aromatic amines is 2. The van der Waals surface area contributed by atoms with E-state index in [2.05, 4.69) is 44.6 Å². The van der Waals surface area contributed by atoms with Gasteiger partial charge >= 0.3 is 12.2 Å². The van der Waals surface area contributed by atoms with Crippen LogP contribution in [-0.2, 0) is 31.9 Å². The summed E-state index contributed by atoms with van der Waals surface area (Å²) < 4.78 is 9.61. The average molecular weight is 823 g/mol. The van der Waals surface area contributed by atoms with Crippen LogP contribution in [0.3, 0.4) is 0 Å². The summed E-state index contributed by atoms with van der Waals surface area (Å²) in [5, 5.41) is 5.43. The number of nitrogens with one attached hydrogen (secondary N) is 4. The van der Waals surface area contributed by atoms with Crippen molar-refractivity contribution in [3.05, 3.63) is 119 Å². The van der Waals surface area contributed by atoms with E-state index in [1.54, 1.807) is 11.1 Å². The second-order valence-corrected chi connectivity index (χ2v) is 16.0. The van der Waals surface area contributed by atoms with Gasteiger partial charge in [0.15, 0.2) is 0 Å². The van der Waals surface area contributed by atoms with Crippen LogP contribution in [0.4, 0.5) is 9.59 Å². The highest BCUT2D eigenvalue weighted by Gasteiger charge is 2.39. The minimum absolute atomic E-state index is 0.105. The van der Waals surface area contributed by atoms with Gasteiger partial charge in [-0.1, -0.05) is 74.2 Å². The van der Waals surface area contributed by atoms with Crippen molar-refractivity contribution in [2.45, 2.75) is 76.5 Å². The number of benzene rings is 3. The first kappa shape index (κ1) is 40.9. The van der Waals surface area contributed by atoms with Crippen LogP contribution in [0, 0.1) is 17.8 Å². The van der Waals surface area contributed by atoms with Gasteiger partial charge in [-0.2, -0.15) is 0 Å². The number of H-pyrrole nitrogens is 2. The number of hydrogen-bond donors (Lipinski definition) is 4. The summed E-state index contributed by atoms with van der Waals surface area (Å²) in [6.45, 7) is 4.98. The summed E-state index contributed by atoms with van der Waals surface area (Å²) in [5.41, 5.74) is 8.48. The molecule has 0 bridgehead atoms. The van der Waals surface area contributed by atoms with E-state index in [9.17, 15) is 19.2 Å². The van der Waals surface area contributed by atoms with E-state index in [1.165, 1.54) is 19.8 Å². The molecule has 3 aliphatic rings. The molecule has 314 valence electrons. The van der Waals surface area contributed by atoms with Crippen LogP contribution < -0.4 is 10.6 Å². The number of hydrogen-bond acceptors (Lipinski definition) is 8. The monoisotopic (exact) mass is 822 g/mol. The molecule has 1 aliphatic carbocycles. The molecule has 2 fully saturated rings. The molecule has 0 saturated carbocycles. The summed E-state index contributed by atoms with van der Waals surface area (Å²) in [6, 6.07) is 21.4. The zero-order chi connectivity index (χ0) is 42.6. The van der Waals surface area contributed by atoms with Crippen molar-refractivity contribution < 1.29 is 28.7 Å². The number of alkyl carbamates (subject to hydrolysis) is 2. The number of aromatic nitrogens is 4. The maximum atomic E-state index is 13.9. The molecule has 4 heterocycles. The van der Waals surface area contributed by atoms with E-state index in [0.29, 0.717) is 24.5 Å². The maximum Gasteiger partial charge on any atom is 0.407 e. The summed E-state index contributed by atoms with van der Waals surface area (Å²) in [7, 11) is 2.58. The first-order chi connectivity index (χ1) is 29.6. The number of carbonyl (C=O) groups is 4. The molecule has 3 aromatic carbocycles. The Kier molecular flexibility index (Phi) is 11.9. The fourth-order valence-corrected chi connectivity index (χ4v) is 8.67. The van der Waals surface area contributed by atoms with Gasteiger partial charge in [0.1, 0.15) is 23.7 Å². The van der Waals surface area contributed by atoms with Crippen LogP contribution in [0.2, 0.25) is 0 Å². The third-order valence-corrected chi connectivity index (χ3v) is 11.9. The number of ether oxygens (including phenoxy) is 2. The van der Waals surface area contributed by atoms with Gasteiger partial charge in [-0.05, 0) is 85.4 Å². The van der Waals surface area contributed by atoms with Crippen LogP contribution in [0.1, 0.15) is 97.3 Å². The van der Waals surface area contributed by atoms with E-state index >= 15 is 0 Å². The largest absolute Gasteiger partial charge is 0.453 e. The lowest BCUT2D eigenvalue weighted by Gasteiger charge is -2.30. The molecule has 14 heteroatoms. The highest BCUT2D eigenvalue weighted by Crippen LogP contribution is 2.38. The zero-order valence-corrected chi connectivity index (χ0v) is 34.8. The fraction of sp³-hybridized carbons (Fsp3) is 0.362. The van der Waals surface area contributed by atoms with Gasteiger partial charge in [0.2, 0.25) is 5.91 Å². The first-order valence-corrected chi connectivity index (χ1v) is 20.9. The average Bonchev–Trinajstić information content (AvgIpc) is 4.13. The lowest BCUT2D eigenvalue weighted by molar-refractivity contribution is -0.135. The van der Waals surface area contributed by atoms with E-state index in [0.717, 1.165) is 83.7 Å². The molecular formula is C47H50N8O6. The van der Waals surface area contributed by atoms with Crippen molar-refractivity contribution in [1.29, 1.82) is 0 Å². The normalized spacial score (nSPS) is 17.7. The molecule has 0 radical (unpaired) electrons. The predicted octanol–water partition coefficient (Wildman–Crippen LogP) is 6.77. The standard InChI is InChI=1S/C47H50N8O6/c1-28(2)39(52-46(58)60-3)44(56)55-25-9-13-38(55)43-49-35-23-21-33-26-30(18-22-34(33)41(35)51-43)15-14-29-16-19-31(20-17-29)36-27-48-42(50-36)37-12-8-24-54(37)45(57)40(53-47(59)61-4)32-10-6-5-7-11-32/h5-7,10-11,16-20,22,26-28,37-40H,8-9,12-13,21,23-25H2,1-4H3,(H,48,50)(H,49,51)(H,52,58)(H,53,59)/t37?,38-,39-,40+/m0/s1. The van der Waals surface area contributed by atoms with Crippen LogP contribution >= 0.6 is 0 Å². The molecule has 0 spiro atoms. The second kappa shape index (κ2) is 17.8. The van der Waals surface area contributed by atoms with Crippen molar-refractivity contribution in [3.63, 3.8) is 0 Å². The molecule has 1 unspecified atom stereocenters. The topological polar surface area (TPSA) is 175 Å². The van der Waals surface area contributed by atoms with Crippen LogP contribution in [0.5, 0.6) is 0 Å². The zero-order valence-electron chi connectivity index (χ0n) is 34.8. The minimum Gasteiger partial charge on any atom is -0.453 e. The molecule has 2 aliphatic heterocycles. The predicted molar refractivity (Wildman–Crippen MR) is 228 cm³/mol. The van der Waals surface area contributed by atoms with Gasteiger partial charge in [0.05, 0.1) is 43.9 Å². The van der Waals surface area contributed by atoms with E-state index in [1.807, 2.05) is 79.4 Å². The van der Waals surface area contributed by atoms with Crippen LogP contribution in [-0.4, -0.2) is 87.1 Å². The summed E-state index contributed by atoms with van der Waals surface area (Å²) >= 11 is 0. The third kappa shape index (κ3) is 8.59. The van der Waals surface area contributed by atoms with Crippen molar-refractivity contribution in [2.75, 3.05) is 27.3 Å². The Balaban J connectivity index is 0.932. The molecule has 4 amide bonds. The number of rotatable bonds is 9. The van der Waals surface area contributed by atoms with Gasteiger partial charge < -0.3 is 39.9 Å². The Morgan fingerprint density at radius 1 is 0.770 bits per heavy atom. The quantitative estimate of drug-likeness (QED) is 0.118. The number of amides is 4. The summed E-state index contributed by atoms with van der Waals surface area (Å²) in [6.07, 6.45) is 5.36. The molecule has 14 nitrogen and oxygen atoms in total. The Morgan fingerprint density at radius 3 is 2.13 bits per heavy atom. The van der Waals surface area contributed by atoms with E-state index < -0.39 is 24.3 Å². The Morgan fingerprint density at radius 2 is 1.43 bits per heavy atom. The maximum absolute atomic E-state index is 13.9. The number of likely N-dealkylation sites (tertiary alicyclic amines) is 2. The Bertz CT molecular complexity index is 2480. The van der Waals surface area contributed by atoms with Crippen molar-refractivity contribution >= 4 is 24.0 Å². The molecule has 8 rings (SSSR count). The lowest BCUT2D eigenvalue weighted by Crippen LogP contribution is -2.51. The Labute approximate surface area is 354 Å². The third-order valence-electron chi connectivity index (χ3n) is 11.9. The molecule has 2 saturated heterocycles. The number of fused-ring (bicyclic) bond motifs is 3. The smallest absolute Gasteiger partial charge is 0.407 e. The Hall–Kier alpha value is -6.88. The number of nitrogens with zero attached hydrogens (tertiary/aromatic N) is 4. The minimum atomic E-state index is -0.882. The van der Waals surface area contributed by atoms with Crippen LogP contribution in [0.25, 0.3) is 22.5 Å². The molecular weight excluding hydrogens is 773 g/mol.